The maximum absolute atomic E-state index is 11.6. The van der Waals surface area contributed by atoms with Gasteiger partial charge in [0.05, 0.1) is 16.5 Å². The number of carboxylic acid groups (broad SMARTS) is 1. The fourth-order valence-corrected chi connectivity index (χ4v) is 3.97. The molecule has 2 aliphatic rings. The molecule has 25 heavy (non-hydrogen) atoms. The minimum absolute atomic E-state index is 0.0444. The molecule has 1 aliphatic carbocycles. The van der Waals surface area contributed by atoms with Crippen molar-refractivity contribution in [3.05, 3.63) is 81.4 Å². The minimum Gasteiger partial charge on any atom is -0.478 e. The summed E-state index contributed by atoms with van der Waals surface area (Å²) in [7, 11) is 0. The van der Waals surface area contributed by atoms with Crippen LogP contribution < -0.4 is 5.32 Å². The van der Waals surface area contributed by atoms with Crippen LogP contribution in [0, 0.1) is 16.0 Å². The molecule has 0 aromatic heterocycles. The standard InChI is InChI=1S/C19H16N2O4/c22-19(23)15-5-2-1-4-14(15)18-13-7-3-6-12(13)16-10-11(21(24)25)8-9-17(16)20-18/h1-6,8-10,12-13,18,20H,7H2,(H,22,23)/t12-,13+,18-/m1/s1. The zero-order valence-corrected chi connectivity index (χ0v) is 13.3. The Labute approximate surface area is 144 Å². The molecule has 1 aliphatic heterocycles. The highest BCUT2D eigenvalue weighted by Crippen LogP contribution is 2.50. The number of fused-ring (bicyclic) bond motifs is 3. The van der Waals surface area contributed by atoms with Crippen LogP contribution in [-0.2, 0) is 0 Å². The van der Waals surface area contributed by atoms with Crippen molar-refractivity contribution in [3.63, 3.8) is 0 Å². The number of hydrogen-bond donors (Lipinski definition) is 2. The number of non-ortho nitro benzene ring substituents is 1. The van der Waals surface area contributed by atoms with E-state index in [1.807, 2.05) is 12.1 Å². The lowest BCUT2D eigenvalue weighted by Gasteiger charge is -2.37. The normalized spacial score (nSPS) is 23.4. The quantitative estimate of drug-likeness (QED) is 0.500. The van der Waals surface area contributed by atoms with Gasteiger partial charge in [0.1, 0.15) is 0 Å². The molecule has 2 aromatic rings. The number of nitrogens with one attached hydrogen (secondary N) is 1. The van der Waals surface area contributed by atoms with Gasteiger partial charge >= 0.3 is 5.97 Å². The summed E-state index contributed by atoms with van der Waals surface area (Å²) in [5.74, 6) is -0.771. The number of aromatic carboxylic acids is 1. The summed E-state index contributed by atoms with van der Waals surface area (Å²) in [6.45, 7) is 0. The SMILES string of the molecule is O=C(O)c1ccccc1[C@@H]1Nc2ccc([N+](=O)[O-])cc2[C@@H]2C=CC[C@@H]21. The summed E-state index contributed by atoms with van der Waals surface area (Å²) in [6.07, 6.45) is 4.95. The molecular weight excluding hydrogens is 320 g/mol. The largest absolute Gasteiger partial charge is 0.478 e. The molecule has 0 amide bonds. The summed E-state index contributed by atoms with van der Waals surface area (Å²) >= 11 is 0. The highest BCUT2D eigenvalue weighted by Gasteiger charge is 2.39. The summed E-state index contributed by atoms with van der Waals surface area (Å²) in [4.78, 5) is 22.3. The minimum atomic E-state index is -0.950. The molecule has 4 rings (SSSR count). The molecule has 2 N–H and O–H groups in total. The van der Waals surface area contributed by atoms with Gasteiger partial charge < -0.3 is 10.4 Å². The maximum Gasteiger partial charge on any atom is 0.336 e. The molecule has 0 radical (unpaired) electrons. The van der Waals surface area contributed by atoms with Gasteiger partial charge in [0.2, 0.25) is 0 Å². The Morgan fingerprint density at radius 3 is 2.76 bits per heavy atom. The number of nitro groups is 1. The van der Waals surface area contributed by atoms with Gasteiger partial charge in [-0.3, -0.25) is 10.1 Å². The third kappa shape index (κ3) is 2.46. The van der Waals surface area contributed by atoms with Gasteiger partial charge in [0.15, 0.2) is 0 Å². The number of hydrogen-bond acceptors (Lipinski definition) is 4. The molecule has 0 saturated carbocycles. The second-order valence-corrected chi connectivity index (χ2v) is 6.40. The van der Waals surface area contributed by atoms with Gasteiger partial charge in [-0.25, -0.2) is 4.79 Å². The third-order valence-electron chi connectivity index (χ3n) is 5.08. The zero-order chi connectivity index (χ0) is 17.6. The average Bonchev–Trinajstić information content (AvgIpc) is 3.10. The fourth-order valence-electron chi connectivity index (χ4n) is 3.97. The van der Waals surface area contributed by atoms with Crippen LogP contribution in [0.4, 0.5) is 11.4 Å². The van der Waals surface area contributed by atoms with E-state index in [4.69, 9.17) is 0 Å². The van der Waals surface area contributed by atoms with E-state index < -0.39 is 5.97 Å². The number of nitro benzene ring substituents is 1. The molecule has 0 spiro atoms. The van der Waals surface area contributed by atoms with E-state index in [0.717, 1.165) is 23.2 Å². The molecule has 126 valence electrons. The number of carboxylic acids is 1. The second kappa shape index (κ2) is 5.73. The summed E-state index contributed by atoms with van der Waals surface area (Å²) in [5, 5.41) is 24.0. The number of rotatable bonds is 3. The number of anilines is 1. The van der Waals surface area contributed by atoms with Crippen LogP contribution in [0.5, 0.6) is 0 Å². The molecule has 0 fully saturated rings. The first-order valence-corrected chi connectivity index (χ1v) is 8.10. The van der Waals surface area contributed by atoms with E-state index >= 15 is 0 Å². The Morgan fingerprint density at radius 1 is 1.20 bits per heavy atom. The summed E-state index contributed by atoms with van der Waals surface area (Å²) < 4.78 is 0. The van der Waals surface area contributed by atoms with Crippen LogP contribution in [0.2, 0.25) is 0 Å². The predicted octanol–water partition coefficient (Wildman–Crippen LogP) is 4.12. The van der Waals surface area contributed by atoms with E-state index in [-0.39, 0.29) is 34.1 Å². The third-order valence-corrected chi connectivity index (χ3v) is 5.08. The van der Waals surface area contributed by atoms with Crippen LogP contribution in [-0.4, -0.2) is 16.0 Å². The Bertz CT molecular complexity index is 906. The van der Waals surface area contributed by atoms with Crippen LogP contribution in [0.1, 0.15) is 39.9 Å². The number of nitrogens with zero attached hydrogens (tertiary/aromatic N) is 1. The first-order valence-electron chi connectivity index (χ1n) is 8.10. The van der Waals surface area contributed by atoms with Crippen molar-refractivity contribution >= 4 is 17.3 Å². The van der Waals surface area contributed by atoms with Crippen LogP contribution in [0.15, 0.2) is 54.6 Å². The van der Waals surface area contributed by atoms with Crippen molar-refractivity contribution in [1.82, 2.24) is 0 Å². The van der Waals surface area contributed by atoms with Crippen LogP contribution in [0.25, 0.3) is 0 Å². The number of allylic oxidation sites excluding steroid dienone is 2. The van der Waals surface area contributed by atoms with Gasteiger partial charge in [-0.05, 0) is 35.6 Å². The monoisotopic (exact) mass is 336 g/mol. The van der Waals surface area contributed by atoms with Crippen molar-refractivity contribution in [2.45, 2.75) is 18.4 Å². The molecular formula is C19H16N2O4. The van der Waals surface area contributed by atoms with E-state index in [0.29, 0.717) is 0 Å². The number of carbonyl (C=O) groups is 1. The lowest BCUT2D eigenvalue weighted by Crippen LogP contribution is -2.30. The molecule has 0 unspecified atom stereocenters. The van der Waals surface area contributed by atoms with E-state index in [1.54, 1.807) is 24.3 Å². The predicted molar refractivity (Wildman–Crippen MR) is 92.8 cm³/mol. The first-order chi connectivity index (χ1) is 12.1. The Morgan fingerprint density at radius 2 is 2.00 bits per heavy atom. The summed E-state index contributed by atoms with van der Waals surface area (Å²) in [5.41, 5.74) is 2.83. The van der Waals surface area contributed by atoms with Gasteiger partial charge in [0.25, 0.3) is 5.69 Å². The van der Waals surface area contributed by atoms with Crippen molar-refractivity contribution in [1.29, 1.82) is 0 Å². The molecule has 6 heteroatoms. The lowest BCUT2D eigenvalue weighted by molar-refractivity contribution is -0.384. The van der Waals surface area contributed by atoms with Crippen molar-refractivity contribution in [2.75, 3.05) is 5.32 Å². The topological polar surface area (TPSA) is 92.5 Å². The highest BCUT2D eigenvalue weighted by atomic mass is 16.6. The van der Waals surface area contributed by atoms with E-state index in [9.17, 15) is 20.0 Å². The highest BCUT2D eigenvalue weighted by molar-refractivity contribution is 5.90. The van der Waals surface area contributed by atoms with Gasteiger partial charge in [-0.15, -0.1) is 0 Å². The van der Waals surface area contributed by atoms with Gasteiger partial charge in [0, 0.05) is 23.7 Å². The average molecular weight is 336 g/mol. The van der Waals surface area contributed by atoms with Crippen molar-refractivity contribution in [2.24, 2.45) is 5.92 Å². The molecule has 3 atom stereocenters. The second-order valence-electron chi connectivity index (χ2n) is 6.40. The zero-order valence-electron chi connectivity index (χ0n) is 13.3. The molecule has 2 aromatic carbocycles. The molecule has 0 saturated heterocycles. The molecule has 0 bridgehead atoms. The van der Waals surface area contributed by atoms with Crippen LogP contribution in [0.3, 0.4) is 0 Å². The van der Waals surface area contributed by atoms with Crippen molar-refractivity contribution < 1.29 is 14.8 Å². The smallest absolute Gasteiger partial charge is 0.336 e. The Balaban J connectivity index is 1.81. The van der Waals surface area contributed by atoms with E-state index in [2.05, 4.69) is 17.5 Å². The van der Waals surface area contributed by atoms with E-state index in [1.165, 1.54) is 6.07 Å². The molecule has 6 nitrogen and oxygen atoms in total. The Kier molecular flexibility index (Phi) is 3.53. The van der Waals surface area contributed by atoms with Crippen LogP contribution >= 0.6 is 0 Å². The van der Waals surface area contributed by atoms with Gasteiger partial charge in [-0.2, -0.15) is 0 Å². The van der Waals surface area contributed by atoms with Gasteiger partial charge in [-0.1, -0.05) is 30.4 Å². The molecule has 1 heterocycles. The Hall–Kier alpha value is -3.15. The lowest BCUT2D eigenvalue weighted by atomic mass is 9.76. The maximum atomic E-state index is 11.6. The fraction of sp³-hybridized carbons (Fsp3) is 0.211. The first kappa shape index (κ1) is 15.4. The van der Waals surface area contributed by atoms with Crippen molar-refractivity contribution in [3.8, 4) is 0 Å². The summed E-state index contributed by atoms with van der Waals surface area (Å²) in [6, 6.07) is 11.7. The number of benzene rings is 2.